The molecule has 0 bridgehead atoms. The molecule has 1 aromatic rings. The predicted molar refractivity (Wildman–Crippen MR) is 87.3 cm³/mol. The van der Waals surface area contributed by atoms with Crippen LogP contribution in [-0.4, -0.2) is 50.0 Å². The van der Waals surface area contributed by atoms with Crippen molar-refractivity contribution in [2.45, 2.75) is 32.0 Å². The second-order valence-corrected chi connectivity index (χ2v) is 5.29. The molecule has 0 unspecified atom stereocenters. The molecule has 0 aliphatic carbocycles. The van der Waals surface area contributed by atoms with E-state index in [1.807, 2.05) is 24.3 Å². The van der Waals surface area contributed by atoms with Crippen LogP contribution < -0.4 is 4.74 Å². The van der Waals surface area contributed by atoms with Crippen molar-refractivity contribution in [3.8, 4) is 5.75 Å². The highest BCUT2D eigenvalue weighted by Gasteiger charge is 2.16. The second kappa shape index (κ2) is 10.6. The Bertz CT molecular complexity index is 528. The lowest BCUT2D eigenvalue weighted by molar-refractivity contribution is -0.137. The highest BCUT2D eigenvalue weighted by molar-refractivity contribution is 5.83. The first-order chi connectivity index (χ1) is 11.8. The first-order valence-electron chi connectivity index (χ1n) is 8.08. The molecule has 0 amide bonds. The fraction of sp³-hybridized carbons (Fsp3) is 0.529. The molecule has 1 saturated heterocycles. The van der Waals surface area contributed by atoms with Crippen LogP contribution in [0.2, 0.25) is 0 Å². The van der Waals surface area contributed by atoms with Gasteiger partial charge in [0.05, 0.1) is 19.4 Å². The van der Waals surface area contributed by atoms with Gasteiger partial charge in [-0.15, -0.1) is 0 Å². The first kappa shape index (κ1) is 18.2. The van der Waals surface area contributed by atoms with Gasteiger partial charge in [0.2, 0.25) is 0 Å². The summed E-state index contributed by atoms with van der Waals surface area (Å²) in [5.41, 5.74) is 0.807. The average Bonchev–Trinajstić information content (AvgIpc) is 3.09. The number of hydrogen-bond acceptors (Lipinski definition) is 6. The van der Waals surface area contributed by atoms with Crippen molar-refractivity contribution >= 4 is 12.2 Å². The van der Waals surface area contributed by atoms with Crippen LogP contribution >= 0.6 is 0 Å². The van der Waals surface area contributed by atoms with Gasteiger partial charge >= 0.3 is 5.97 Å². The van der Waals surface area contributed by atoms with Crippen LogP contribution in [0.3, 0.4) is 0 Å². The molecule has 0 saturated carbocycles. The van der Waals surface area contributed by atoms with E-state index in [0.29, 0.717) is 38.6 Å². The average molecular weight is 337 g/mol. The number of aliphatic carboxylic acids is 1. The Morgan fingerprint density at radius 2 is 2.04 bits per heavy atom. The third-order valence-corrected chi connectivity index (χ3v) is 3.38. The zero-order chi connectivity index (χ0) is 17.0. The van der Waals surface area contributed by atoms with E-state index < -0.39 is 5.97 Å². The molecule has 7 nitrogen and oxygen atoms in total. The van der Waals surface area contributed by atoms with E-state index in [-0.39, 0.29) is 12.7 Å². The Morgan fingerprint density at radius 1 is 1.25 bits per heavy atom. The molecule has 7 heteroatoms. The van der Waals surface area contributed by atoms with Gasteiger partial charge in [0.25, 0.3) is 0 Å². The SMILES string of the molecule is O=C(O)CCCCCO/N=C/c1ccccc1OCC1OCCO1. The molecule has 2 rings (SSSR count). The third kappa shape index (κ3) is 6.97. The minimum absolute atomic E-state index is 0.197. The van der Waals surface area contributed by atoms with Crippen LogP contribution in [0.1, 0.15) is 31.2 Å². The predicted octanol–water partition coefficient (Wildman–Crippen LogP) is 2.43. The summed E-state index contributed by atoms with van der Waals surface area (Å²) in [6, 6.07) is 7.50. The van der Waals surface area contributed by atoms with Gasteiger partial charge in [0.1, 0.15) is 19.0 Å². The number of nitrogens with zero attached hydrogens (tertiary/aromatic N) is 1. The van der Waals surface area contributed by atoms with Crippen molar-refractivity contribution in [3.63, 3.8) is 0 Å². The molecule has 1 heterocycles. The normalized spacial score (nSPS) is 15.0. The number of benzene rings is 1. The standard InChI is InChI=1S/C17H23NO6/c19-16(20)8-2-1-5-9-24-18-12-14-6-3-4-7-15(14)23-13-17-21-10-11-22-17/h3-4,6-7,12,17H,1-2,5,8-11,13H2,(H,19,20)/b18-12+. The second-order valence-electron chi connectivity index (χ2n) is 5.29. The summed E-state index contributed by atoms with van der Waals surface area (Å²) in [5.74, 6) is -0.0793. The van der Waals surface area contributed by atoms with Crippen molar-refractivity contribution in [2.24, 2.45) is 5.16 Å². The Balaban J connectivity index is 1.68. The number of carbonyl (C=O) groups is 1. The highest BCUT2D eigenvalue weighted by Crippen LogP contribution is 2.17. The molecular formula is C17H23NO6. The van der Waals surface area contributed by atoms with Gasteiger partial charge in [0, 0.05) is 12.0 Å². The summed E-state index contributed by atoms with van der Waals surface area (Å²) in [5, 5.41) is 12.5. The van der Waals surface area contributed by atoms with Crippen LogP contribution in [0.4, 0.5) is 0 Å². The van der Waals surface area contributed by atoms with Gasteiger partial charge in [-0.05, 0) is 31.4 Å². The largest absolute Gasteiger partial charge is 0.488 e. The van der Waals surface area contributed by atoms with Crippen LogP contribution in [0.25, 0.3) is 0 Å². The Labute approximate surface area is 141 Å². The minimum Gasteiger partial charge on any atom is -0.488 e. The Hall–Kier alpha value is -2.12. The van der Waals surface area contributed by atoms with Crippen molar-refractivity contribution in [1.29, 1.82) is 0 Å². The van der Waals surface area contributed by atoms with Gasteiger partial charge in [-0.3, -0.25) is 4.79 Å². The zero-order valence-electron chi connectivity index (χ0n) is 13.6. The lowest BCUT2D eigenvalue weighted by atomic mass is 10.2. The maximum absolute atomic E-state index is 10.4. The van der Waals surface area contributed by atoms with E-state index in [1.54, 1.807) is 6.21 Å². The van der Waals surface area contributed by atoms with E-state index in [4.69, 9.17) is 24.2 Å². The molecule has 1 aliphatic heterocycles. The van der Waals surface area contributed by atoms with Crippen molar-refractivity contribution in [2.75, 3.05) is 26.4 Å². The molecule has 24 heavy (non-hydrogen) atoms. The van der Waals surface area contributed by atoms with Gasteiger partial charge in [-0.1, -0.05) is 17.3 Å². The highest BCUT2D eigenvalue weighted by atomic mass is 16.7. The molecule has 1 fully saturated rings. The summed E-state index contributed by atoms with van der Waals surface area (Å²) < 4.78 is 16.4. The number of carboxylic acid groups (broad SMARTS) is 1. The quantitative estimate of drug-likeness (QED) is 0.379. The Kier molecular flexibility index (Phi) is 8.06. The molecule has 1 aliphatic rings. The number of unbranched alkanes of at least 4 members (excludes halogenated alkanes) is 2. The molecular weight excluding hydrogens is 314 g/mol. The summed E-state index contributed by atoms with van der Waals surface area (Å²) in [4.78, 5) is 15.6. The van der Waals surface area contributed by atoms with Gasteiger partial charge < -0.3 is 24.2 Å². The number of para-hydroxylation sites is 1. The molecule has 1 N–H and O–H groups in total. The maximum atomic E-state index is 10.4. The minimum atomic E-state index is -0.765. The van der Waals surface area contributed by atoms with Gasteiger partial charge in [-0.25, -0.2) is 0 Å². The number of carboxylic acids is 1. The van der Waals surface area contributed by atoms with Gasteiger partial charge in [-0.2, -0.15) is 0 Å². The number of rotatable bonds is 11. The lowest BCUT2D eigenvalue weighted by Crippen LogP contribution is -2.18. The topological polar surface area (TPSA) is 86.6 Å². The molecule has 1 aromatic carbocycles. The van der Waals surface area contributed by atoms with Crippen LogP contribution in [0.15, 0.2) is 29.4 Å². The van der Waals surface area contributed by atoms with Crippen LogP contribution in [0.5, 0.6) is 5.75 Å². The van der Waals surface area contributed by atoms with E-state index in [0.717, 1.165) is 18.4 Å². The smallest absolute Gasteiger partial charge is 0.303 e. The summed E-state index contributed by atoms with van der Waals surface area (Å²) in [7, 11) is 0. The maximum Gasteiger partial charge on any atom is 0.303 e. The van der Waals surface area contributed by atoms with Crippen molar-refractivity contribution in [3.05, 3.63) is 29.8 Å². The fourth-order valence-corrected chi connectivity index (χ4v) is 2.15. The summed E-state index contributed by atoms with van der Waals surface area (Å²) in [6.45, 7) is 1.98. The van der Waals surface area contributed by atoms with E-state index >= 15 is 0 Å². The third-order valence-electron chi connectivity index (χ3n) is 3.38. The first-order valence-corrected chi connectivity index (χ1v) is 8.08. The fourth-order valence-electron chi connectivity index (χ4n) is 2.15. The van der Waals surface area contributed by atoms with E-state index in [2.05, 4.69) is 5.16 Å². The lowest BCUT2D eigenvalue weighted by Gasteiger charge is -2.12. The van der Waals surface area contributed by atoms with Crippen molar-refractivity contribution in [1.82, 2.24) is 0 Å². The summed E-state index contributed by atoms with van der Waals surface area (Å²) >= 11 is 0. The zero-order valence-corrected chi connectivity index (χ0v) is 13.6. The molecule has 0 radical (unpaired) electrons. The monoisotopic (exact) mass is 337 g/mol. The van der Waals surface area contributed by atoms with Gasteiger partial charge in [0.15, 0.2) is 6.29 Å². The number of oxime groups is 1. The molecule has 132 valence electrons. The van der Waals surface area contributed by atoms with E-state index in [1.165, 1.54) is 0 Å². The summed E-state index contributed by atoms with van der Waals surface area (Å²) in [6.07, 6.45) is 3.72. The molecule has 0 spiro atoms. The van der Waals surface area contributed by atoms with Crippen molar-refractivity contribution < 1.29 is 28.9 Å². The molecule has 0 aromatic heterocycles. The number of hydrogen-bond donors (Lipinski definition) is 1. The molecule has 0 atom stereocenters. The van der Waals surface area contributed by atoms with E-state index in [9.17, 15) is 4.79 Å². The van der Waals surface area contributed by atoms with Crippen LogP contribution in [0, 0.1) is 0 Å². The van der Waals surface area contributed by atoms with Crippen LogP contribution in [-0.2, 0) is 19.1 Å². The number of ether oxygens (including phenoxy) is 3. The Morgan fingerprint density at radius 3 is 2.83 bits per heavy atom.